The van der Waals surface area contributed by atoms with E-state index in [1.165, 1.54) is 13.2 Å². The fraction of sp³-hybridized carbons (Fsp3) is 0.217. The number of pyridine rings is 1. The zero-order valence-electron chi connectivity index (χ0n) is 18.2. The van der Waals surface area contributed by atoms with Crippen molar-refractivity contribution in [2.45, 2.75) is 26.2 Å². The minimum Gasteiger partial charge on any atom is -0.481 e. The molecule has 4 aromatic rings. The number of H-pyrrole nitrogens is 1. The SMILES string of the molecule is COc1ccc(Nc2nc3c([N+](=O)[O-])cccc3[nH]2)c(Oc2ccccc2C(C)(C)C)n1. The molecule has 9 heteroatoms. The minimum atomic E-state index is -0.458. The number of benzene rings is 2. The lowest BCUT2D eigenvalue weighted by Crippen LogP contribution is -2.12. The number of aromatic nitrogens is 3. The number of nitrogens with one attached hydrogen (secondary N) is 2. The number of nitro benzene ring substituents is 1. The maximum Gasteiger partial charge on any atom is 0.297 e. The van der Waals surface area contributed by atoms with Crippen molar-refractivity contribution < 1.29 is 14.4 Å². The molecule has 2 aromatic carbocycles. The second-order valence-corrected chi connectivity index (χ2v) is 8.20. The van der Waals surface area contributed by atoms with Crippen LogP contribution in [0.3, 0.4) is 0 Å². The number of non-ortho nitro benzene ring substituents is 1. The summed E-state index contributed by atoms with van der Waals surface area (Å²) in [5, 5.41) is 14.4. The largest absolute Gasteiger partial charge is 0.481 e. The van der Waals surface area contributed by atoms with E-state index in [0.29, 0.717) is 28.8 Å². The lowest BCUT2D eigenvalue weighted by atomic mass is 9.86. The third kappa shape index (κ3) is 4.18. The van der Waals surface area contributed by atoms with Crippen LogP contribution in [0.4, 0.5) is 17.3 Å². The van der Waals surface area contributed by atoms with Gasteiger partial charge in [-0.15, -0.1) is 0 Å². The third-order valence-electron chi connectivity index (χ3n) is 4.89. The van der Waals surface area contributed by atoms with Gasteiger partial charge in [0.25, 0.3) is 5.69 Å². The highest BCUT2D eigenvalue weighted by atomic mass is 16.6. The molecule has 0 amide bonds. The molecular weight excluding hydrogens is 410 g/mol. The molecule has 0 aliphatic heterocycles. The molecule has 0 bridgehead atoms. The van der Waals surface area contributed by atoms with Gasteiger partial charge in [-0.3, -0.25) is 10.1 Å². The van der Waals surface area contributed by atoms with E-state index in [-0.39, 0.29) is 22.5 Å². The maximum absolute atomic E-state index is 11.3. The van der Waals surface area contributed by atoms with E-state index < -0.39 is 4.92 Å². The maximum atomic E-state index is 11.3. The number of rotatable bonds is 6. The van der Waals surface area contributed by atoms with E-state index >= 15 is 0 Å². The van der Waals surface area contributed by atoms with Gasteiger partial charge >= 0.3 is 0 Å². The molecule has 2 N–H and O–H groups in total. The van der Waals surface area contributed by atoms with E-state index in [1.807, 2.05) is 24.3 Å². The van der Waals surface area contributed by atoms with E-state index in [1.54, 1.807) is 24.3 Å². The Morgan fingerprint density at radius 1 is 1.03 bits per heavy atom. The van der Waals surface area contributed by atoms with Crippen LogP contribution in [-0.4, -0.2) is 27.0 Å². The number of nitro groups is 1. The van der Waals surface area contributed by atoms with E-state index in [0.717, 1.165) is 5.56 Å². The van der Waals surface area contributed by atoms with Crippen molar-refractivity contribution in [3.63, 3.8) is 0 Å². The Morgan fingerprint density at radius 2 is 1.81 bits per heavy atom. The van der Waals surface area contributed by atoms with Crippen LogP contribution >= 0.6 is 0 Å². The van der Waals surface area contributed by atoms with Crippen LogP contribution < -0.4 is 14.8 Å². The molecule has 0 aliphatic carbocycles. The van der Waals surface area contributed by atoms with Crippen molar-refractivity contribution in [3.8, 4) is 17.5 Å². The summed E-state index contributed by atoms with van der Waals surface area (Å²) in [6, 6.07) is 16.0. The number of hydrogen-bond donors (Lipinski definition) is 2. The first kappa shape index (κ1) is 21.1. The van der Waals surface area contributed by atoms with Crippen LogP contribution in [0.1, 0.15) is 26.3 Å². The number of hydrogen-bond acceptors (Lipinski definition) is 7. The number of para-hydroxylation sites is 2. The molecule has 0 saturated heterocycles. The lowest BCUT2D eigenvalue weighted by molar-refractivity contribution is -0.383. The van der Waals surface area contributed by atoms with E-state index in [9.17, 15) is 10.1 Å². The summed E-state index contributed by atoms with van der Waals surface area (Å²) >= 11 is 0. The molecule has 32 heavy (non-hydrogen) atoms. The first-order valence-electron chi connectivity index (χ1n) is 9.99. The highest BCUT2D eigenvalue weighted by Gasteiger charge is 2.21. The summed E-state index contributed by atoms with van der Waals surface area (Å²) in [6.07, 6.45) is 0. The molecule has 0 radical (unpaired) electrons. The van der Waals surface area contributed by atoms with Crippen LogP contribution in [0.15, 0.2) is 54.6 Å². The molecule has 0 saturated carbocycles. The summed E-state index contributed by atoms with van der Waals surface area (Å²) < 4.78 is 11.5. The van der Waals surface area contributed by atoms with Gasteiger partial charge in [-0.05, 0) is 23.6 Å². The third-order valence-corrected chi connectivity index (χ3v) is 4.89. The molecular formula is C23H23N5O4. The van der Waals surface area contributed by atoms with Crippen molar-refractivity contribution in [2.75, 3.05) is 12.4 Å². The van der Waals surface area contributed by atoms with Gasteiger partial charge in [0.1, 0.15) is 11.4 Å². The van der Waals surface area contributed by atoms with Gasteiger partial charge in [0.2, 0.25) is 17.7 Å². The van der Waals surface area contributed by atoms with Gasteiger partial charge in [-0.2, -0.15) is 4.98 Å². The Kier molecular flexibility index (Phi) is 5.40. The lowest BCUT2D eigenvalue weighted by Gasteiger charge is -2.23. The van der Waals surface area contributed by atoms with Crippen molar-refractivity contribution in [2.24, 2.45) is 0 Å². The summed E-state index contributed by atoms with van der Waals surface area (Å²) in [4.78, 5) is 22.7. The highest BCUT2D eigenvalue weighted by molar-refractivity contribution is 5.86. The van der Waals surface area contributed by atoms with Crippen molar-refractivity contribution >= 4 is 28.4 Å². The number of fused-ring (bicyclic) bond motifs is 1. The first-order valence-corrected chi connectivity index (χ1v) is 9.99. The number of methoxy groups -OCH3 is 1. The van der Waals surface area contributed by atoms with Crippen LogP contribution in [0, 0.1) is 10.1 Å². The minimum absolute atomic E-state index is 0.0739. The second-order valence-electron chi connectivity index (χ2n) is 8.20. The quantitative estimate of drug-likeness (QED) is 0.296. The normalized spacial score (nSPS) is 11.4. The fourth-order valence-electron chi connectivity index (χ4n) is 3.34. The Morgan fingerprint density at radius 3 is 2.53 bits per heavy atom. The van der Waals surface area contributed by atoms with Crippen LogP contribution in [0.2, 0.25) is 0 Å². The van der Waals surface area contributed by atoms with Crippen LogP contribution in [0.25, 0.3) is 11.0 Å². The molecule has 0 fully saturated rings. The summed E-state index contributed by atoms with van der Waals surface area (Å²) in [5.41, 5.74) is 2.15. The molecule has 9 nitrogen and oxygen atoms in total. The molecule has 0 spiro atoms. The Bertz CT molecular complexity index is 1290. The molecule has 4 rings (SSSR count). The second kappa shape index (κ2) is 8.18. The number of ether oxygens (including phenoxy) is 2. The average molecular weight is 433 g/mol. The van der Waals surface area contributed by atoms with Crippen molar-refractivity contribution in [3.05, 3.63) is 70.3 Å². The van der Waals surface area contributed by atoms with Gasteiger partial charge in [0, 0.05) is 17.7 Å². The Hall–Kier alpha value is -4.14. The number of imidazole rings is 1. The van der Waals surface area contributed by atoms with Gasteiger partial charge in [-0.1, -0.05) is 45.0 Å². The van der Waals surface area contributed by atoms with Crippen molar-refractivity contribution in [1.82, 2.24) is 15.0 Å². The summed E-state index contributed by atoms with van der Waals surface area (Å²) in [6.45, 7) is 6.32. The predicted molar refractivity (Wildman–Crippen MR) is 122 cm³/mol. The summed E-state index contributed by atoms with van der Waals surface area (Å²) in [5.74, 6) is 1.68. The van der Waals surface area contributed by atoms with Gasteiger partial charge in [-0.25, -0.2) is 4.98 Å². The zero-order chi connectivity index (χ0) is 22.9. The standard InChI is InChI=1S/C23H23N5O4/c1-23(2,3)14-8-5-6-11-18(14)32-21-16(12-13-19(26-21)31-4)25-22-24-15-9-7-10-17(28(29)30)20(15)27-22/h5-13H,1-4H3,(H2,24,25,27). The van der Waals surface area contributed by atoms with Crippen molar-refractivity contribution in [1.29, 1.82) is 0 Å². The van der Waals surface area contributed by atoms with Gasteiger partial charge in [0.15, 0.2) is 5.52 Å². The van der Waals surface area contributed by atoms with E-state index in [2.05, 4.69) is 41.0 Å². The zero-order valence-corrected chi connectivity index (χ0v) is 18.2. The average Bonchev–Trinajstić information content (AvgIpc) is 3.17. The molecule has 2 heterocycles. The molecule has 0 aliphatic rings. The fourth-order valence-corrected chi connectivity index (χ4v) is 3.34. The molecule has 0 unspecified atom stereocenters. The first-order chi connectivity index (χ1) is 15.3. The van der Waals surface area contributed by atoms with E-state index in [4.69, 9.17) is 9.47 Å². The monoisotopic (exact) mass is 433 g/mol. The molecule has 2 aromatic heterocycles. The molecule has 0 atom stereocenters. The highest BCUT2D eigenvalue weighted by Crippen LogP contribution is 2.37. The Labute approximate surface area is 184 Å². The number of anilines is 2. The van der Waals surface area contributed by atoms with Crippen LogP contribution in [-0.2, 0) is 5.41 Å². The Balaban J connectivity index is 1.73. The van der Waals surface area contributed by atoms with Gasteiger partial charge in [0.05, 0.1) is 17.5 Å². The topological polar surface area (TPSA) is 115 Å². The molecule has 164 valence electrons. The number of aromatic amines is 1. The predicted octanol–water partition coefficient (Wildman–Crippen LogP) is 5.71. The smallest absolute Gasteiger partial charge is 0.297 e. The van der Waals surface area contributed by atoms with Gasteiger partial charge < -0.3 is 19.8 Å². The number of nitrogens with zero attached hydrogens (tertiary/aromatic N) is 3. The summed E-state index contributed by atoms with van der Waals surface area (Å²) in [7, 11) is 1.53. The van der Waals surface area contributed by atoms with Crippen LogP contribution in [0.5, 0.6) is 17.5 Å².